The van der Waals surface area contributed by atoms with E-state index in [1.165, 1.54) is 0 Å². The molecule has 1 heterocycles. The lowest BCUT2D eigenvalue weighted by Crippen LogP contribution is -2.62. The van der Waals surface area contributed by atoms with E-state index in [9.17, 15) is 8.42 Å². The van der Waals surface area contributed by atoms with Crippen LogP contribution < -0.4 is 0 Å². The van der Waals surface area contributed by atoms with E-state index in [1.807, 2.05) is 56.3 Å². The summed E-state index contributed by atoms with van der Waals surface area (Å²) in [7, 11) is -3.74. The molecule has 0 spiro atoms. The quantitative estimate of drug-likeness (QED) is 0.521. The molecule has 1 aliphatic heterocycles. The topological polar surface area (TPSA) is 40.6 Å². The van der Waals surface area contributed by atoms with Crippen LogP contribution in [0.2, 0.25) is 0 Å². The summed E-state index contributed by atoms with van der Waals surface area (Å²) in [4.78, 5) is 0.322. The molecule has 5 heteroatoms. The van der Waals surface area contributed by atoms with Crippen LogP contribution in [0.25, 0.3) is 0 Å². The highest BCUT2D eigenvalue weighted by Gasteiger charge is 2.50. The molecule has 0 bridgehead atoms. The van der Waals surface area contributed by atoms with E-state index >= 15 is 0 Å². The zero-order chi connectivity index (χ0) is 22.1. The molecule has 3 aromatic rings. The van der Waals surface area contributed by atoms with Crippen LogP contribution in [-0.2, 0) is 16.6 Å². The van der Waals surface area contributed by atoms with Gasteiger partial charge in [0.1, 0.15) is 0 Å². The number of benzene rings is 3. The second-order valence-corrected chi connectivity index (χ2v) is 10.8. The predicted octanol–water partition coefficient (Wildman–Crippen LogP) is 5.65. The van der Waals surface area contributed by atoms with E-state index in [-0.39, 0.29) is 12.0 Å². The van der Waals surface area contributed by atoms with E-state index in [2.05, 4.69) is 36.2 Å². The van der Waals surface area contributed by atoms with Gasteiger partial charge < -0.3 is 0 Å². The molecule has 3 aromatic carbocycles. The van der Waals surface area contributed by atoms with Gasteiger partial charge >= 0.3 is 0 Å². The van der Waals surface area contributed by atoms with E-state index in [0.717, 1.165) is 17.5 Å². The molecule has 0 saturated carbocycles. The molecular formula is C26H30N2O2S. The Morgan fingerprint density at radius 3 is 1.94 bits per heavy atom. The zero-order valence-corrected chi connectivity index (χ0v) is 19.2. The smallest absolute Gasteiger partial charge is 0.215 e. The molecule has 4 nitrogen and oxygen atoms in total. The van der Waals surface area contributed by atoms with E-state index < -0.39 is 15.6 Å². The first-order valence-corrected chi connectivity index (χ1v) is 12.2. The van der Waals surface area contributed by atoms with Crippen LogP contribution >= 0.6 is 0 Å². The van der Waals surface area contributed by atoms with Crippen molar-refractivity contribution >= 4 is 10.0 Å². The minimum Gasteiger partial charge on any atom is -0.215 e. The van der Waals surface area contributed by atoms with E-state index in [1.54, 1.807) is 28.7 Å². The summed E-state index contributed by atoms with van der Waals surface area (Å²) in [6.07, 6.45) is 0.768. The summed E-state index contributed by atoms with van der Waals surface area (Å²) >= 11 is 0. The second kappa shape index (κ2) is 8.58. The summed E-state index contributed by atoms with van der Waals surface area (Å²) in [5.41, 5.74) is 1.66. The average molecular weight is 435 g/mol. The van der Waals surface area contributed by atoms with Crippen LogP contribution in [0.3, 0.4) is 0 Å². The largest absolute Gasteiger partial charge is 0.256 e. The fourth-order valence-corrected chi connectivity index (χ4v) is 6.83. The van der Waals surface area contributed by atoms with Gasteiger partial charge in [0.25, 0.3) is 10.0 Å². The number of rotatable bonds is 5. The normalized spacial score (nSPS) is 22.3. The van der Waals surface area contributed by atoms with Gasteiger partial charge in [-0.1, -0.05) is 85.8 Å². The van der Waals surface area contributed by atoms with Gasteiger partial charge in [-0.25, -0.2) is 13.4 Å². The van der Waals surface area contributed by atoms with Crippen molar-refractivity contribution in [3.63, 3.8) is 0 Å². The van der Waals surface area contributed by atoms with Crippen LogP contribution in [0, 0.1) is 5.92 Å². The number of nitrogens with zero attached hydrogens (tertiary/aromatic N) is 2. The Morgan fingerprint density at radius 2 is 1.35 bits per heavy atom. The maximum absolute atomic E-state index is 14.0. The van der Waals surface area contributed by atoms with Crippen molar-refractivity contribution in [3.05, 3.63) is 102 Å². The van der Waals surface area contributed by atoms with Gasteiger partial charge in [-0.2, -0.15) is 0 Å². The molecule has 162 valence electrons. The second-order valence-electron chi connectivity index (χ2n) is 8.99. The molecule has 4 rings (SSSR count). The molecule has 31 heavy (non-hydrogen) atoms. The molecule has 2 unspecified atom stereocenters. The maximum Gasteiger partial charge on any atom is 0.256 e. The number of sulfonamides is 1. The van der Waals surface area contributed by atoms with Crippen LogP contribution in [0.1, 0.15) is 44.4 Å². The molecule has 2 atom stereocenters. The third kappa shape index (κ3) is 4.31. The van der Waals surface area contributed by atoms with Crippen molar-refractivity contribution in [2.45, 2.75) is 50.2 Å². The van der Waals surface area contributed by atoms with Crippen molar-refractivity contribution in [1.82, 2.24) is 9.42 Å². The van der Waals surface area contributed by atoms with Crippen molar-refractivity contribution in [2.24, 2.45) is 5.92 Å². The van der Waals surface area contributed by atoms with Gasteiger partial charge in [-0.15, -0.1) is 4.41 Å². The zero-order valence-electron chi connectivity index (χ0n) is 18.3. The monoisotopic (exact) mass is 434 g/mol. The summed E-state index contributed by atoms with van der Waals surface area (Å²) < 4.78 is 29.6. The Hall–Kier alpha value is -2.47. The fourth-order valence-electron chi connectivity index (χ4n) is 4.97. The number of hydrogen-bond donors (Lipinski definition) is 0. The van der Waals surface area contributed by atoms with Crippen LogP contribution in [-0.4, -0.2) is 23.4 Å². The van der Waals surface area contributed by atoms with Gasteiger partial charge in [0.15, 0.2) is 0 Å². The van der Waals surface area contributed by atoms with Gasteiger partial charge in [-0.3, -0.25) is 0 Å². The summed E-state index contributed by atoms with van der Waals surface area (Å²) in [5.74, 6) is 0.281. The standard InChI is InChI=1S/C26H30N2O2S/c1-21-19-26(2,3)28(31(29,30)24-17-11-6-12-18-24)27(20-22-13-7-4-8-14-22)25(21)23-15-9-5-10-16-23/h4-18,21,25H,19-20H2,1-3H3. The third-order valence-electron chi connectivity index (χ3n) is 6.03. The van der Waals surface area contributed by atoms with Crippen LogP contribution in [0.15, 0.2) is 95.9 Å². The highest BCUT2D eigenvalue weighted by atomic mass is 32.2. The average Bonchev–Trinajstić information content (AvgIpc) is 2.75. The molecule has 0 N–H and O–H groups in total. The Morgan fingerprint density at radius 1 is 0.839 bits per heavy atom. The lowest BCUT2D eigenvalue weighted by molar-refractivity contribution is -0.123. The molecule has 0 radical (unpaired) electrons. The van der Waals surface area contributed by atoms with Gasteiger partial charge in [0.05, 0.1) is 10.9 Å². The maximum atomic E-state index is 14.0. The SMILES string of the molecule is CC1CC(C)(C)N(S(=O)(=O)c2ccccc2)N(Cc2ccccc2)C1c1ccccc1. The molecule has 0 aromatic heterocycles. The number of hydrazine groups is 1. The fraction of sp³-hybridized carbons (Fsp3) is 0.308. The van der Waals surface area contributed by atoms with Crippen molar-refractivity contribution in [1.29, 1.82) is 0 Å². The third-order valence-corrected chi connectivity index (χ3v) is 8.06. The van der Waals surface area contributed by atoms with Crippen LogP contribution in [0.4, 0.5) is 0 Å². The first-order valence-electron chi connectivity index (χ1n) is 10.8. The minimum atomic E-state index is -3.74. The van der Waals surface area contributed by atoms with Crippen LogP contribution in [0.5, 0.6) is 0 Å². The lowest BCUT2D eigenvalue weighted by Gasteiger charge is -2.54. The first-order chi connectivity index (χ1) is 14.8. The highest BCUT2D eigenvalue weighted by Crippen LogP contribution is 2.46. The van der Waals surface area contributed by atoms with E-state index in [0.29, 0.717) is 11.4 Å². The molecule has 0 aliphatic carbocycles. The summed E-state index contributed by atoms with van der Waals surface area (Å²) in [5, 5.41) is 2.07. The molecule has 1 aliphatic rings. The Bertz CT molecular complexity index is 1100. The van der Waals surface area contributed by atoms with E-state index in [4.69, 9.17) is 0 Å². The predicted molar refractivity (Wildman–Crippen MR) is 124 cm³/mol. The molecule has 1 saturated heterocycles. The van der Waals surface area contributed by atoms with Gasteiger partial charge in [-0.05, 0) is 49.4 Å². The van der Waals surface area contributed by atoms with Gasteiger partial charge in [0.2, 0.25) is 0 Å². The Labute approximate surface area is 186 Å². The molecule has 0 amide bonds. The summed E-state index contributed by atoms with van der Waals surface area (Å²) in [6.45, 7) is 6.80. The number of hydrogen-bond acceptors (Lipinski definition) is 3. The highest BCUT2D eigenvalue weighted by molar-refractivity contribution is 7.89. The Balaban J connectivity index is 1.88. The Kier molecular flexibility index (Phi) is 6.02. The van der Waals surface area contributed by atoms with Crippen molar-refractivity contribution < 1.29 is 8.42 Å². The van der Waals surface area contributed by atoms with Crippen molar-refractivity contribution in [2.75, 3.05) is 0 Å². The first kappa shape index (κ1) is 21.8. The van der Waals surface area contributed by atoms with Crippen molar-refractivity contribution in [3.8, 4) is 0 Å². The summed E-state index contributed by atoms with van der Waals surface area (Å²) in [6, 6.07) is 29.1. The molecule has 1 fully saturated rings. The van der Waals surface area contributed by atoms with Gasteiger partial charge in [0, 0.05) is 12.1 Å². The minimum absolute atomic E-state index is 0.0482. The molecular weight excluding hydrogens is 404 g/mol. The lowest BCUT2D eigenvalue weighted by atomic mass is 9.81.